The minimum absolute atomic E-state index is 0.584. The van der Waals surface area contributed by atoms with Gasteiger partial charge in [-0.25, -0.2) is 9.69 Å². The van der Waals surface area contributed by atoms with Crippen LogP contribution >= 0.6 is 0 Å². The van der Waals surface area contributed by atoms with Gasteiger partial charge >= 0.3 is 0 Å². The Bertz CT molecular complexity index is 2750. The third kappa shape index (κ3) is 4.14. The number of para-hydroxylation sites is 3. The van der Waals surface area contributed by atoms with E-state index in [0.29, 0.717) is 11.4 Å². The van der Waals surface area contributed by atoms with Crippen LogP contribution in [-0.2, 0) is 0 Å². The van der Waals surface area contributed by atoms with Gasteiger partial charge in [0, 0.05) is 21.8 Å². The molecule has 0 radical (unpaired) electrons. The van der Waals surface area contributed by atoms with Gasteiger partial charge in [0.15, 0.2) is 5.69 Å². The first-order chi connectivity index (χ1) is 23.7. The predicted octanol–water partition coefficient (Wildman–Crippen LogP) is 12.3. The molecule has 222 valence electrons. The van der Waals surface area contributed by atoms with Crippen LogP contribution in [0.4, 0.5) is 11.4 Å². The number of fused-ring (bicyclic) bond motifs is 6. The van der Waals surface area contributed by atoms with Gasteiger partial charge in [-0.2, -0.15) is 0 Å². The lowest BCUT2D eigenvalue weighted by molar-refractivity contribution is 1.18. The average molecular weight is 611 g/mol. The van der Waals surface area contributed by atoms with Gasteiger partial charge in [-0.05, 0) is 76.2 Å². The van der Waals surface area contributed by atoms with E-state index in [2.05, 4.69) is 128 Å². The summed E-state index contributed by atoms with van der Waals surface area (Å²) < 4.78 is 4.53. The van der Waals surface area contributed by atoms with E-state index in [1.165, 1.54) is 10.8 Å². The summed E-state index contributed by atoms with van der Waals surface area (Å²) in [7, 11) is 0. The number of benzene rings is 7. The molecule has 0 saturated heterocycles. The highest BCUT2D eigenvalue weighted by atomic mass is 15.0. The van der Waals surface area contributed by atoms with Crippen LogP contribution in [0.15, 0.2) is 158 Å². The van der Waals surface area contributed by atoms with Crippen molar-refractivity contribution >= 4 is 55.0 Å². The van der Waals surface area contributed by atoms with Gasteiger partial charge in [0.1, 0.15) is 0 Å². The molecule has 2 aromatic heterocycles. The molecule has 0 aliphatic rings. The van der Waals surface area contributed by atoms with Crippen molar-refractivity contribution in [3.8, 4) is 33.6 Å². The van der Waals surface area contributed by atoms with E-state index < -0.39 is 0 Å². The zero-order valence-electron chi connectivity index (χ0n) is 25.8. The molecule has 4 nitrogen and oxygen atoms in total. The van der Waals surface area contributed by atoms with Gasteiger partial charge in [-0.1, -0.05) is 109 Å². The van der Waals surface area contributed by atoms with Gasteiger partial charge in [0.2, 0.25) is 5.69 Å². The summed E-state index contributed by atoms with van der Waals surface area (Å²) in [5.74, 6) is 0. The summed E-state index contributed by atoms with van der Waals surface area (Å²) in [6.45, 7) is 16.1. The molecule has 0 aliphatic carbocycles. The molecular weight excluding hydrogens is 585 g/mol. The first kappa shape index (κ1) is 27.4. The first-order valence-electron chi connectivity index (χ1n) is 15.8. The zero-order chi connectivity index (χ0) is 32.2. The van der Waals surface area contributed by atoms with Crippen molar-refractivity contribution in [2.24, 2.45) is 0 Å². The second-order valence-electron chi connectivity index (χ2n) is 12.0. The fourth-order valence-corrected chi connectivity index (χ4v) is 7.23. The minimum Gasteiger partial charge on any atom is -0.319 e. The molecule has 2 heterocycles. The van der Waals surface area contributed by atoms with Crippen LogP contribution in [0.5, 0.6) is 0 Å². The molecule has 7 aromatic carbocycles. The normalized spacial score (nSPS) is 11.3. The molecule has 0 fully saturated rings. The Kier molecular flexibility index (Phi) is 6.22. The van der Waals surface area contributed by atoms with Crippen LogP contribution in [0.3, 0.4) is 0 Å². The predicted molar refractivity (Wildman–Crippen MR) is 199 cm³/mol. The smallest absolute Gasteiger partial charge is 0.218 e. The van der Waals surface area contributed by atoms with Crippen molar-refractivity contribution in [3.05, 3.63) is 181 Å². The van der Waals surface area contributed by atoms with Crippen LogP contribution in [-0.4, -0.2) is 9.13 Å². The molecule has 0 amide bonds. The minimum atomic E-state index is 0.584. The summed E-state index contributed by atoms with van der Waals surface area (Å²) in [5, 5.41) is 4.49. The highest BCUT2D eigenvalue weighted by Gasteiger charge is 2.20. The molecular formula is C44H26N4. The topological polar surface area (TPSA) is 18.6 Å². The summed E-state index contributed by atoms with van der Waals surface area (Å²) in [6, 6.07) is 54.3. The number of hydrogen-bond acceptors (Lipinski definition) is 0. The Balaban J connectivity index is 1.34. The molecule has 9 aromatic rings. The highest BCUT2D eigenvalue weighted by Crippen LogP contribution is 2.44. The Morgan fingerprint density at radius 3 is 1.65 bits per heavy atom. The number of nitrogens with zero attached hydrogens (tertiary/aromatic N) is 4. The molecule has 0 unspecified atom stereocenters. The van der Waals surface area contributed by atoms with Gasteiger partial charge in [-0.15, -0.1) is 0 Å². The zero-order valence-corrected chi connectivity index (χ0v) is 25.8. The van der Waals surface area contributed by atoms with Crippen LogP contribution in [0.25, 0.3) is 86.9 Å². The maximum absolute atomic E-state index is 8.48. The van der Waals surface area contributed by atoms with Crippen LogP contribution < -0.4 is 0 Å². The lowest BCUT2D eigenvalue weighted by Crippen LogP contribution is -1.98. The van der Waals surface area contributed by atoms with E-state index in [1.807, 2.05) is 48.5 Å². The number of aromatic nitrogens is 2. The first-order valence-corrected chi connectivity index (χ1v) is 15.8. The lowest BCUT2D eigenvalue weighted by atomic mass is 9.95. The standard InChI is InChI=1S/C44H26N4/c1-45-32-23-24-42-38(28-32)36-19-8-11-22-41(36)48(42)43-27-31(26-37(44(43)46-2)29-13-4-3-5-14-29)30-15-12-16-33(25-30)47-39-20-9-6-17-34(39)35-18-7-10-21-40(35)47/h3-28H. The van der Waals surface area contributed by atoms with Crippen molar-refractivity contribution in [1.82, 2.24) is 9.13 Å². The molecule has 0 bridgehead atoms. The maximum atomic E-state index is 8.48. The summed E-state index contributed by atoms with van der Waals surface area (Å²) >= 11 is 0. The second kappa shape index (κ2) is 10.9. The SMILES string of the molecule is [C-]#[N+]c1ccc2c(c1)c1ccccc1n2-c1cc(-c2cccc(-n3c4ccccc4c4ccccc43)c2)cc(-c2ccccc2)c1[N+]#[C-]. The van der Waals surface area contributed by atoms with E-state index in [-0.39, 0.29) is 0 Å². The molecule has 0 saturated carbocycles. The van der Waals surface area contributed by atoms with Crippen LogP contribution in [0.2, 0.25) is 0 Å². The molecule has 9 rings (SSSR count). The lowest BCUT2D eigenvalue weighted by Gasteiger charge is -2.17. The number of hydrogen-bond donors (Lipinski definition) is 0. The van der Waals surface area contributed by atoms with Gasteiger partial charge in [-0.3, -0.25) is 0 Å². The van der Waals surface area contributed by atoms with Gasteiger partial charge < -0.3 is 9.13 Å². The Morgan fingerprint density at radius 1 is 0.396 bits per heavy atom. The monoisotopic (exact) mass is 610 g/mol. The average Bonchev–Trinajstić information content (AvgIpc) is 3.67. The largest absolute Gasteiger partial charge is 0.319 e. The fraction of sp³-hybridized carbons (Fsp3) is 0. The Hall–Kier alpha value is -6.88. The quantitative estimate of drug-likeness (QED) is 0.177. The number of rotatable bonds is 4. The second-order valence-corrected chi connectivity index (χ2v) is 12.0. The fourth-order valence-electron chi connectivity index (χ4n) is 7.23. The molecule has 0 N–H and O–H groups in total. The molecule has 4 heteroatoms. The van der Waals surface area contributed by atoms with Crippen LogP contribution in [0.1, 0.15) is 0 Å². The summed E-state index contributed by atoms with van der Waals surface area (Å²) in [6.07, 6.45) is 0. The van der Waals surface area contributed by atoms with E-state index in [0.717, 1.165) is 66.5 Å². The summed E-state index contributed by atoms with van der Waals surface area (Å²) in [4.78, 5) is 7.90. The molecule has 0 aliphatic heterocycles. The van der Waals surface area contributed by atoms with E-state index in [4.69, 9.17) is 13.1 Å². The van der Waals surface area contributed by atoms with E-state index >= 15 is 0 Å². The van der Waals surface area contributed by atoms with Gasteiger partial charge in [0.25, 0.3) is 0 Å². The third-order valence-corrected chi connectivity index (χ3v) is 9.33. The van der Waals surface area contributed by atoms with Crippen molar-refractivity contribution in [2.75, 3.05) is 0 Å². The Labute approximate surface area is 277 Å². The summed E-state index contributed by atoms with van der Waals surface area (Å²) in [5.41, 5.74) is 11.3. The Morgan fingerprint density at radius 2 is 0.979 bits per heavy atom. The van der Waals surface area contributed by atoms with E-state index in [1.54, 1.807) is 0 Å². The third-order valence-electron chi connectivity index (χ3n) is 9.33. The van der Waals surface area contributed by atoms with Crippen molar-refractivity contribution < 1.29 is 0 Å². The highest BCUT2D eigenvalue weighted by molar-refractivity contribution is 6.12. The van der Waals surface area contributed by atoms with Crippen molar-refractivity contribution in [1.29, 1.82) is 0 Å². The van der Waals surface area contributed by atoms with Crippen LogP contribution in [0, 0.1) is 13.1 Å². The van der Waals surface area contributed by atoms with Crippen molar-refractivity contribution in [2.45, 2.75) is 0 Å². The molecule has 48 heavy (non-hydrogen) atoms. The maximum Gasteiger partial charge on any atom is 0.218 e. The molecule has 0 atom stereocenters. The van der Waals surface area contributed by atoms with E-state index in [9.17, 15) is 0 Å². The van der Waals surface area contributed by atoms with Gasteiger partial charge in [0.05, 0.1) is 40.9 Å². The van der Waals surface area contributed by atoms with Crippen molar-refractivity contribution in [3.63, 3.8) is 0 Å². The molecule has 0 spiro atoms.